The first-order valence-corrected chi connectivity index (χ1v) is 7.62. The Kier molecular flexibility index (Phi) is 7.75. The van der Waals surface area contributed by atoms with Crippen molar-refractivity contribution < 1.29 is 0 Å². The van der Waals surface area contributed by atoms with Crippen LogP contribution in [-0.2, 0) is 19.3 Å². The van der Waals surface area contributed by atoms with Crippen LogP contribution in [0, 0.1) is 0 Å². The highest BCUT2D eigenvalue weighted by molar-refractivity contribution is 5.30. The molecule has 0 radical (unpaired) electrons. The van der Waals surface area contributed by atoms with Gasteiger partial charge in [0, 0.05) is 0 Å². The van der Waals surface area contributed by atoms with Crippen LogP contribution in [0.3, 0.4) is 0 Å². The molecule has 0 aromatic heterocycles. The summed E-state index contributed by atoms with van der Waals surface area (Å²) < 4.78 is 0. The van der Waals surface area contributed by atoms with Crippen molar-refractivity contribution in [3.8, 4) is 0 Å². The Morgan fingerprint density at radius 1 is 0.722 bits per heavy atom. The molecule has 0 aliphatic rings. The van der Waals surface area contributed by atoms with Gasteiger partial charge in [0.25, 0.3) is 0 Å². The minimum Gasteiger partial charge on any atom is -0.330 e. The molecule has 0 aliphatic heterocycles. The Labute approximate surface area is 113 Å². The molecule has 0 atom stereocenters. The fourth-order valence-electron chi connectivity index (χ4n) is 2.40. The van der Waals surface area contributed by atoms with E-state index in [2.05, 4.69) is 32.0 Å². The van der Waals surface area contributed by atoms with Crippen molar-refractivity contribution in [3.63, 3.8) is 0 Å². The van der Waals surface area contributed by atoms with Gasteiger partial charge in [0.2, 0.25) is 0 Å². The average Bonchev–Trinajstić information content (AvgIpc) is 2.37. The maximum absolute atomic E-state index is 5.68. The molecule has 18 heavy (non-hydrogen) atoms. The van der Waals surface area contributed by atoms with Crippen LogP contribution < -0.4 is 5.73 Å². The Balaban J connectivity index is 2.70. The highest BCUT2D eigenvalue weighted by Gasteiger charge is 2.01. The van der Waals surface area contributed by atoms with Gasteiger partial charge < -0.3 is 5.73 Å². The Hall–Kier alpha value is -0.820. The number of hydrogen-bond donors (Lipinski definition) is 1. The van der Waals surface area contributed by atoms with E-state index in [-0.39, 0.29) is 0 Å². The first kappa shape index (κ1) is 15.2. The summed E-state index contributed by atoms with van der Waals surface area (Å²) in [6.07, 6.45) is 9.97. The van der Waals surface area contributed by atoms with E-state index < -0.39 is 0 Å². The molecule has 0 bridgehead atoms. The summed E-state index contributed by atoms with van der Waals surface area (Å²) in [5.74, 6) is 0. The molecule has 2 N–H and O–H groups in total. The second-order valence-electron chi connectivity index (χ2n) is 5.26. The van der Waals surface area contributed by atoms with Gasteiger partial charge in [-0.3, -0.25) is 0 Å². The highest BCUT2D eigenvalue weighted by atomic mass is 14.5. The molecule has 0 unspecified atom stereocenters. The maximum atomic E-state index is 5.68. The van der Waals surface area contributed by atoms with E-state index in [1.54, 1.807) is 0 Å². The zero-order chi connectivity index (χ0) is 13.2. The summed E-state index contributed by atoms with van der Waals surface area (Å²) in [5.41, 5.74) is 10.1. The maximum Gasteiger partial charge on any atom is -0.00367 e. The molecule has 0 heterocycles. The summed E-state index contributed by atoms with van der Waals surface area (Å²) >= 11 is 0. The predicted octanol–water partition coefficient (Wildman–Crippen LogP) is 4.26. The lowest BCUT2D eigenvalue weighted by atomic mass is 9.97. The van der Waals surface area contributed by atoms with E-state index in [0.29, 0.717) is 0 Å². The Morgan fingerprint density at radius 3 is 1.72 bits per heavy atom. The Morgan fingerprint density at radius 2 is 1.22 bits per heavy atom. The van der Waals surface area contributed by atoms with Gasteiger partial charge in [-0.05, 0) is 55.3 Å². The van der Waals surface area contributed by atoms with Crippen LogP contribution in [0.1, 0.15) is 62.6 Å². The second kappa shape index (κ2) is 9.16. The molecule has 102 valence electrons. The normalized spacial score (nSPS) is 10.8. The molecule has 1 aromatic rings. The number of benzene rings is 1. The van der Waals surface area contributed by atoms with Gasteiger partial charge >= 0.3 is 0 Å². The fourth-order valence-corrected chi connectivity index (χ4v) is 2.40. The van der Waals surface area contributed by atoms with E-state index in [9.17, 15) is 0 Å². The van der Waals surface area contributed by atoms with Crippen LogP contribution in [0.4, 0.5) is 0 Å². The van der Waals surface area contributed by atoms with Gasteiger partial charge in [0.1, 0.15) is 0 Å². The molecule has 1 aromatic carbocycles. The average molecular weight is 247 g/mol. The van der Waals surface area contributed by atoms with Gasteiger partial charge in [-0.15, -0.1) is 0 Å². The van der Waals surface area contributed by atoms with Crippen molar-refractivity contribution >= 4 is 0 Å². The summed E-state index contributed by atoms with van der Waals surface area (Å²) in [6, 6.07) is 7.12. The molecule has 0 aliphatic carbocycles. The molecule has 0 fully saturated rings. The second-order valence-corrected chi connectivity index (χ2v) is 5.26. The van der Waals surface area contributed by atoms with Crippen LogP contribution in [0.2, 0.25) is 0 Å². The molecule has 0 saturated heterocycles. The lowest BCUT2D eigenvalue weighted by Gasteiger charge is -2.09. The molecule has 0 spiro atoms. The molecular weight excluding hydrogens is 218 g/mol. The highest BCUT2D eigenvalue weighted by Crippen LogP contribution is 2.16. The lowest BCUT2D eigenvalue weighted by molar-refractivity contribution is 0.715. The van der Waals surface area contributed by atoms with Crippen LogP contribution in [0.25, 0.3) is 0 Å². The zero-order valence-corrected chi connectivity index (χ0v) is 12.2. The van der Waals surface area contributed by atoms with Crippen LogP contribution in [-0.4, -0.2) is 6.54 Å². The molecule has 1 heteroatoms. The van der Waals surface area contributed by atoms with E-state index in [1.807, 2.05) is 0 Å². The van der Waals surface area contributed by atoms with Gasteiger partial charge in [-0.2, -0.15) is 0 Å². The summed E-state index contributed by atoms with van der Waals surface area (Å²) in [6.45, 7) is 5.27. The fraction of sp³-hybridized carbons (Fsp3) is 0.647. The van der Waals surface area contributed by atoms with E-state index >= 15 is 0 Å². The standard InChI is InChI=1S/C17H29N/c1-3-5-7-9-16-12-15(8-6-4-2)13-17(14-16)10-11-18/h12-14H,3-11,18H2,1-2H3. The summed E-state index contributed by atoms with van der Waals surface area (Å²) in [4.78, 5) is 0. The van der Waals surface area contributed by atoms with Crippen LogP contribution in [0.15, 0.2) is 18.2 Å². The number of aryl methyl sites for hydroxylation is 2. The quantitative estimate of drug-likeness (QED) is 0.648. The topological polar surface area (TPSA) is 26.0 Å². The van der Waals surface area contributed by atoms with Crippen molar-refractivity contribution in [2.45, 2.75) is 65.2 Å². The van der Waals surface area contributed by atoms with E-state index in [4.69, 9.17) is 5.73 Å². The summed E-state index contributed by atoms with van der Waals surface area (Å²) in [7, 11) is 0. The zero-order valence-electron chi connectivity index (χ0n) is 12.2. The predicted molar refractivity (Wildman–Crippen MR) is 81.0 cm³/mol. The van der Waals surface area contributed by atoms with Crippen molar-refractivity contribution in [1.82, 2.24) is 0 Å². The number of rotatable bonds is 9. The first-order chi connectivity index (χ1) is 8.80. The number of hydrogen-bond acceptors (Lipinski definition) is 1. The van der Waals surface area contributed by atoms with Crippen LogP contribution in [0.5, 0.6) is 0 Å². The van der Waals surface area contributed by atoms with Crippen molar-refractivity contribution in [2.24, 2.45) is 5.73 Å². The van der Waals surface area contributed by atoms with Crippen molar-refractivity contribution in [2.75, 3.05) is 6.54 Å². The first-order valence-electron chi connectivity index (χ1n) is 7.62. The minimum absolute atomic E-state index is 0.756. The molecular formula is C17H29N. The van der Waals surface area contributed by atoms with Crippen molar-refractivity contribution in [3.05, 3.63) is 34.9 Å². The largest absolute Gasteiger partial charge is 0.330 e. The molecule has 0 amide bonds. The summed E-state index contributed by atoms with van der Waals surface area (Å²) in [5, 5.41) is 0. The number of nitrogens with two attached hydrogens (primary N) is 1. The monoisotopic (exact) mass is 247 g/mol. The molecule has 0 saturated carbocycles. The minimum atomic E-state index is 0.756. The third kappa shape index (κ3) is 5.68. The SMILES string of the molecule is CCCCCc1cc(CCN)cc(CCCC)c1. The Bertz CT molecular complexity index is 330. The third-order valence-electron chi connectivity index (χ3n) is 3.43. The van der Waals surface area contributed by atoms with Gasteiger partial charge in [0.15, 0.2) is 0 Å². The van der Waals surface area contributed by atoms with Crippen molar-refractivity contribution in [1.29, 1.82) is 0 Å². The number of unbranched alkanes of at least 4 members (excludes halogenated alkanes) is 3. The smallest absolute Gasteiger partial charge is 0.00367 e. The lowest BCUT2D eigenvalue weighted by Crippen LogP contribution is -2.04. The van der Waals surface area contributed by atoms with Gasteiger partial charge in [-0.1, -0.05) is 51.3 Å². The van der Waals surface area contributed by atoms with Crippen LogP contribution >= 0.6 is 0 Å². The van der Waals surface area contributed by atoms with Gasteiger partial charge in [-0.25, -0.2) is 0 Å². The van der Waals surface area contributed by atoms with E-state index in [0.717, 1.165) is 13.0 Å². The molecule has 1 rings (SSSR count). The third-order valence-corrected chi connectivity index (χ3v) is 3.43. The molecule has 1 nitrogen and oxygen atoms in total. The van der Waals surface area contributed by atoms with E-state index in [1.165, 1.54) is 61.6 Å². The van der Waals surface area contributed by atoms with Gasteiger partial charge in [0.05, 0.1) is 0 Å².